The summed E-state index contributed by atoms with van der Waals surface area (Å²) in [4.78, 5) is 149. The SMILES string of the molecule is C/C=C(\NC(=O)c1csc(CNC(=O)OC(C)(C)C)n1)C(=O)N[C@@H](CC(C)C)C(=O)O[C@H](/C=C/CCSC(=O)CCCCCCC)CC(=O)OCC[Si](C)(C)C.C/C=C1\NC(=O)c2csc(n2)CNC(=O)C[C@@H](/C=C/CCSC(=O)CCCCCCC)OC(=O)[C@H](CC(C)C)NC1=O. The summed E-state index contributed by atoms with van der Waals surface area (Å²) in [7, 11) is -1.44. The van der Waals surface area contributed by atoms with Crippen LogP contribution in [0.15, 0.2) is 58.6 Å². The van der Waals surface area contributed by atoms with Gasteiger partial charge in [-0.25, -0.2) is 24.4 Å². The molecule has 23 nitrogen and oxygen atoms in total. The number of esters is 3. The van der Waals surface area contributed by atoms with E-state index in [0.717, 1.165) is 62.3 Å². The monoisotopic (exact) mass is 1460 g/mol. The van der Waals surface area contributed by atoms with Crippen molar-refractivity contribution >= 4 is 118 Å². The van der Waals surface area contributed by atoms with Crippen LogP contribution < -0.4 is 31.9 Å². The Labute approximate surface area is 598 Å². The number of carbonyl (C=O) groups is 11. The van der Waals surface area contributed by atoms with Gasteiger partial charge in [-0.3, -0.25) is 38.4 Å². The van der Waals surface area contributed by atoms with Crippen LogP contribution in [0.5, 0.6) is 0 Å². The van der Waals surface area contributed by atoms with E-state index >= 15 is 0 Å². The molecule has 2 bridgehead atoms. The van der Waals surface area contributed by atoms with Gasteiger partial charge in [0, 0.05) is 43.2 Å². The van der Waals surface area contributed by atoms with Crippen molar-refractivity contribution in [2.45, 2.75) is 260 Å². The molecule has 0 saturated heterocycles. The minimum Gasteiger partial charge on any atom is -0.466 e. The topological polar surface area (TPSA) is 323 Å². The quantitative estimate of drug-likeness (QED) is 0.00914. The predicted octanol–water partition coefficient (Wildman–Crippen LogP) is 12.9. The molecule has 6 N–H and O–H groups in total. The van der Waals surface area contributed by atoms with Gasteiger partial charge in [0.1, 0.15) is 62.7 Å². The van der Waals surface area contributed by atoms with Gasteiger partial charge < -0.3 is 50.8 Å². The van der Waals surface area contributed by atoms with Crippen molar-refractivity contribution in [3.8, 4) is 0 Å². The summed E-state index contributed by atoms with van der Waals surface area (Å²) in [5, 5.41) is 20.1. The number of nitrogens with one attached hydrogen (secondary N) is 6. The highest BCUT2D eigenvalue weighted by Gasteiger charge is 2.31. The third kappa shape index (κ3) is 40.5. The standard InChI is InChI=1S/C40H66N4O9S2Si.C30H44N4O6S2/c1-11-13-14-15-16-20-35(46)54-22-18-17-19-29(25-34(45)51-21-23-56(8,9)10)52-38(49)31(24-28(3)4)44-36(47)30(12-2)43-37(48)32-27-55-33(42-32)26-41-39(50)53-40(5,6)7;1-5-7-8-9-10-14-27(36)41-15-12-11-13-21-17-25(35)31-18-26-32-24(19-42-26)29(38)33-22(6-2)28(37)34-23(16-20(3)4)30(39)40-21/h12,17,19,27-29,31H,11,13-16,18,20-26H2,1-10H3,(H,41,50)(H,43,48)(H,44,47);6,11,13,19-21,23H,5,7-10,12,14-18H2,1-4H3,(H,31,35)(H,33,38)(H,34,37)/b19-17+,30-12-;13-11+,22-6-/t29-,31+;21-,23+/m11/s1. The van der Waals surface area contributed by atoms with Crippen LogP contribution in [0.4, 0.5) is 4.79 Å². The zero-order valence-electron chi connectivity index (χ0n) is 60.2. The second kappa shape index (κ2) is 48.3. The number of rotatable bonds is 37. The van der Waals surface area contributed by atoms with Crippen LogP contribution in [-0.2, 0) is 70.4 Å². The van der Waals surface area contributed by atoms with Crippen molar-refractivity contribution in [3.05, 3.63) is 80.0 Å². The number of allylic oxidation sites excluding steroid dienone is 4. The van der Waals surface area contributed by atoms with E-state index in [1.807, 2.05) is 33.8 Å². The Morgan fingerprint density at radius 2 is 1.45 bits per heavy atom. The summed E-state index contributed by atoms with van der Waals surface area (Å²) in [5.41, 5.74) is -0.622. The molecule has 98 heavy (non-hydrogen) atoms. The van der Waals surface area contributed by atoms with Crippen LogP contribution in [0.3, 0.4) is 0 Å². The number of ether oxygens (including phenoxy) is 4. The largest absolute Gasteiger partial charge is 0.466 e. The molecule has 0 radical (unpaired) electrons. The Hall–Kier alpha value is -6.49. The lowest BCUT2D eigenvalue weighted by molar-refractivity contribution is -0.155. The van der Waals surface area contributed by atoms with Crippen molar-refractivity contribution in [2.75, 3.05) is 18.1 Å². The van der Waals surface area contributed by atoms with Crippen LogP contribution in [-0.4, -0.2) is 130 Å². The van der Waals surface area contributed by atoms with Crippen molar-refractivity contribution < 1.29 is 71.7 Å². The van der Waals surface area contributed by atoms with Crippen LogP contribution in [0, 0.1) is 11.8 Å². The second-order valence-electron chi connectivity index (χ2n) is 26.6. The van der Waals surface area contributed by atoms with Gasteiger partial charge in [-0.1, -0.05) is 160 Å². The number of hydrogen-bond donors (Lipinski definition) is 6. The molecular formula is C70H110N8O15S4Si. The summed E-state index contributed by atoms with van der Waals surface area (Å²) >= 11 is 4.93. The zero-order valence-corrected chi connectivity index (χ0v) is 64.5. The molecule has 4 atom stereocenters. The van der Waals surface area contributed by atoms with Gasteiger partial charge in [0.05, 0.1) is 32.5 Å². The van der Waals surface area contributed by atoms with Gasteiger partial charge in [-0.05, 0) is 103 Å². The van der Waals surface area contributed by atoms with E-state index in [-0.39, 0.29) is 89.7 Å². The predicted molar refractivity (Wildman–Crippen MR) is 392 cm³/mol. The molecule has 28 heteroatoms. The van der Waals surface area contributed by atoms with E-state index in [2.05, 4.69) is 75.4 Å². The lowest BCUT2D eigenvalue weighted by Crippen LogP contribution is -2.46. The number of hydrogen-bond acceptors (Lipinski definition) is 21. The van der Waals surface area contributed by atoms with E-state index < -0.39 is 85.6 Å². The fourth-order valence-electron chi connectivity index (χ4n) is 8.94. The molecule has 0 fully saturated rings. The fraction of sp³-hybridized carbons (Fsp3) is 0.643. The Morgan fingerprint density at radius 3 is 2.03 bits per heavy atom. The molecule has 3 rings (SSSR count). The van der Waals surface area contributed by atoms with Crippen molar-refractivity contribution in [1.29, 1.82) is 0 Å². The van der Waals surface area contributed by atoms with E-state index in [0.29, 0.717) is 53.6 Å². The van der Waals surface area contributed by atoms with Gasteiger partial charge in [-0.2, -0.15) is 0 Å². The summed E-state index contributed by atoms with van der Waals surface area (Å²) in [6, 6.07) is -1.29. The number of cyclic esters (lactones) is 1. The minimum atomic E-state index is -1.44. The molecule has 6 amide bonds. The molecule has 0 aliphatic carbocycles. The number of thiazole rings is 2. The smallest absolute Gasteiger partial charge is 0.408 e. The normalized spacial score (nSPS) is 16.1. The Kier molecular flexibility index (Phi) is 43.2. The lowest BCUT2D eigenvalue weighted by Gasteiger charge is -2.23. The van der Waals surface area contributed by atoms with E-state index in [9.17, 15) is 52.7 Å². The highest BCUT2D eigenvalue weighted by atomic mass is 32.2. The van der Waals surface area contributed by atoms with Gasteiger partial charge in [-0.15, -0.1) is 22.7 Å². The maximum atomic E-state index is 13.6. The molecule has 0 spiro atoms. The van der Waals surface area contributed by atoms with Gasteiger partial charge in [0.15, 0.2) is 10.2 Å². The number of aromatic nitrogens is 2. The molecule has 3 heterocycles. The van der Waals surface area contributed by atoms with Crippen LogP contribution in [0.1, 0.15) is 223 Å². The molecular weight excluding hydrogens is 1350 g/mol. The number of alkyl carbamates (subject to hydrolysis) is 1. The molecule has 2 aromatic rings. The average molecular weight is 1460 g/mol. The zero-order chi connectivity index (χ0) is 73.2. The number of fused-ring (bicyclic) bond motifs is 2. The fourth-order valence-corrected chi connectivity index (χ4v) is 12.6. The highest BCUT2D eigenvalue weighted by Crippen LogP contribution is 2.20. The molecule has 0 unspecified atom stereocenters. The Balaban J connectivity index is 0.000000693. The molecule has 548 valence electrons. The molecule has 1 aliphatic rings. The molecule has 0 saturated carbocycles. The summed E-state index contributed by atoms with van der Waals surface area (Å²) in [5.74, 6) is -3.69. The number of unbranched alkanes of at least 4 members (excludes halogenated alkanes) is 8. The Morgan fingerprint density at radius 1 is 0.816 bits per heavy atom. The number of thioether (sulfide) groups is 2. The van der Waals surface area contributed by atoms with Crippen LogP contribution >= 0.6 is 46.2 Å². The minimum absolute atomic E-state index is 0.0130. The molecule has 0 aromatic carbocycles. The van der Waals surface area contributed by atoms with Crippen LogP contribution in [0.2, 0.25) is 25.7 Å². The van der Waals surface area contributed by atoms with Crippen LogP contribution in [0.25, 0.3) is 0 Å². The van der Waals surface area contributed by atoms with Crippen molar-refractivity contribution in [2.24, 2.45) is 11.8 Å². The lowest BCUT2D eigenvalue weighted by atomic mass is 10.0. The third-order valence-electron chi connectivity index (χ3n) is 14.1. The third-order valence-corrected chi connectivity index (χ3v) is 19.4. The maximum absolute atomic E-state index is 13.6. The number of carbonyl (C=O) groups excluding carboxylic acids is 11. The second-order valence-corrected chi connectivity index (χ2v) is 36.4. The number of nitrogens with zero attached hydrogens (tertiary/aromatic N) is 2. The van der Waals surface area contributed by atoms with E-state index in [1.165, 1.54) is 71.7 Å². The van der Waals surface area contributed by atoms with Gasteiger partial charge in [0.25, 0.3) is 23.6 Å². The highest BCUT2D eigenvalue weighted by molar-refractivity contribution is 8.13. The first kappa shape index (κ1) is 87.6. The van der Waals surface area contributed by atoms with E-state index in [1.54, 1.807) is 58.2 Å². The van der Waals surface area contributed by atoms with Crippen molar-refractivity contribution in [3.63, 3.8) is 0 Å². The average Bonchev–Trinajstić information content (AvgIpc) is 1.74. The van der Waals surface area contributed by atoms with E-state index in [4.69, 9.17) is 18.9 Å². The molecule has 2 aromatic heterocycles. The summed E-state index contributed by atoms with van der Waals surface area (Å²) < 4.78 is 22.2. The first-order chi connectivity index (χ1) is 46.3. The Bertz CT molecular complexity index is 3000. The summed E-state index contributed by atoms with van der Waals surface area (Å²) in [6.07, 6.45) is 20.6. The molecule has 1 aliphatic heterocycles. The first-order valence-corrected chi connectivity index (χ1v) is 41.7. The van der Waals surface area contributed by atoms with Gasteiger partial charge >= 0.3 is 24.0 Å². The first-order valence-electron chi connectivity index (χ1n) is 34.3. The summed E-state index contributed by atoms with van der Waals surface area (Å²) in [6.45, 7) is 27.3. The van der Waals surface area contributed by atoms with Crippen molar-refractivity contribution in [1.82, 2.24) is 41.9 Å². The number of amides is 6. The van der Waals surface area contributed by atoms with Gasteiger partial charge in [0.2, 0.25) is 5.91 Å². The maximum Gasteiger partial charge on any atom is 0.408 e.